The van der Waals surface area contributed by atoms with Crippen molar-refractivity contribution in [2.75, 3.05) is 0 Å². The smallest absolute Gasteiger partial charge is 0.314 e. The van der Waals surface area contributed by atoms with Crippen molar-refractivity contribution in [3.63, 3.8) is 0 Å². The normalized spacial score (nSPS) is 14.6. The number of aliphatic carboxylic acids is 1. The van der Waals surface area contributed by atoms with Crippen molar-refractivity contribution in [1.82, 2.24) is 0 Å². The molecule has 136 valence electrons. The zero-order valence-electron chi connectivity index (χ0n) is 14.7. The maximum Gasteiger partial charge on any atom is 0.314 e. The molecule has 3 aromatic carbocycles. The van der Waals surface area contributed by atoms with Crippen molar-refractivity contribution in [3.8, 4) is 16.9 Å². The minimum atomic E-state index is -1.03. The number of rotatable bonds is 6. The Bertz CT molecular complexity index is 961. The Morgan fingerprint density at radius 2 is 1.63 bits per heavy atom. The Balaban J connectivity index is 1.49. The van der Waals surface area contributed by atoms with Gasteiger partial charge in [-0.3, -0.25) is 4.79 Å². The molecule has 0 aliphatic heterocycles. The van der Waals surface area contributed by atoms with E-state index in [-0.39, 0.29) is 5.56 Å². The van der Waals surface area contributed by atoms with Gasteiger partial charge < -0.3 is 9.84 Å². The zero-order valence-corrected chi connectivity index (χ0v) is 14.7. The molecule has 0 bridgehead atoms. The minimum Gasteiger partial charge on any atom is -0.489 e. The van der Waals surface area contributed by atoms with Crippen molar-refractivity contribution in [2.24, 2.45) is 0 Å². The summed E-state index contributed by atoms with van der Waals surface area (Å²) in [4.78, 5) is 11.4. The van der Waals surface area contributed by atoms with Crippen LogP contribution in [-0.4, -0.2) is 11.1 Å². The molecule has 4 rings (SSSR count). The van der Waals surface area contributed by atoms with Gasteiger partial charge >= 0.3 is 5.97 Å². The number of hydrogen-bond acceptors (Lipinski definition) is 2. The average molecular weight is 362 g/mol. The first-order valence-electron chi connectivity index (χ1n) is 8.89. The van der Waals surface area contributed by atoms with E-state index >= 15 is 0 Å². The Labute approximate surface area is 157 Å². The summed E-state index contributed by atoms with van der Waals surface area (Å²) in [7, 11) is 0. The lowest BCUT2D eigenvalue weighted by atomic mass is 9.93. The molecule has 0 atom stereocenters. The van der Waals surface area contributed by atoms with Gasteiger partial charge in [-0.15, -0.1) is 0 Å². The van der Waals surface area contributed by atoms with Crippen molar-refractivity contribution in [3.05, 3.63) is 89.7 Å². The molecular weight excluding hydrogens is 343 g/mol. The summed E-state index contributed by atoms with van der Waals surface area (Å²) in [6, 6.07) is 22.2. The van der Waals surface area contributed by atoms with Gasteiger partial charge in [-0.2, -0.15) is 0 Å². The number of carbonyl (C=O) groups is 1. The van der Waals surface area contributed by atoms with E-state index < -0.39 is 17.2 Å². The molecule has 1 fully saturated rings. The number of ether oxygens (including phenoxy) is 1. The summed E-state index contributed by atoms with van der Waals surface area (Å²) in [5.41, 5.74) is 1.91. The van der Waals surface area contributed by atoms with E-state index in [1.165, 1.54) is 6.07 Å². The molecule has 3 aromatic rings. The highest BCUT2D eigenvalue weighted by molar-refractivity contribution is 5.85. The van der Waals surface area contributed by atoms with Gasteiger partial charge in [-0.25, -0.2) is 4.39 Å². The van der Waals surface area contributed by atoms with Gasteiger partial charge in [0, 0.05) is 5.56 Å². The molecule has 0 saturated heterocycles. The van der Waals surface area contributed by atoms with Crippen LogP contribution in [0.25, 0.3) is 11.1 Å². The molecule has 0 spiro atoms. The highest BCUT2D eigenvalue weighted by atomic mass is 19.1. The maximum atomic E-state index is 14.5. The Morgan fingerprint density at radius 1 is 0.963 bits per heavy atom. The van der Waals surface area contributed by atoms with E-state index in [2.05, 4.69) is 0 Å². The third kappa shape index (κ3) is 3.43. The number of halogens is 1. The second-order valence-corrected chi connectivity index (χ2v) is 6.88. The molecule has 27 heavy (non-hydrogen) atoms. The monoisotopic (exact) mass is 362 g/mol. The molecule has 4 heteroatoms. The van der Waals surface area contributed by atoms with Crippen LogP contribution in [0.2, 0.25) is 0 Å². The molecule has 1 N–H and O–H groups in total. The van der Waals surface area contributed by atoms with Crippen LogP contribution >= 0.6 is 0 Å². The lowest BCUT2D eigenvalue weighted by molar-refractivity contribution is -0.140. The molecule has 0 heterocycles. The fraction of sp³-hybridized carbons (Fsp3) is 0.174. The number of hydrogen-bond donors (Lipinski definition) is 1. The highest BCUT2D eigenvalue weighted by Crippen LogP contribution is 2.49. The van der Waals surface area contributed by atoms with Crippen LogP contribution < -0.4 is 4.74 Å². The van der Waals surface area contributed by atoms with Crippen molar-refractivity contribution < 1.29 is 19.0 Å². The molecule has 1 aliphatic carbocycles. The molecule has 3 nitrogen and oxygen atoms in total. The fourth-order valence-electron chi connectivity index (χ4n) is 3.29. The summed E-state index contributed by atoms with van der Waals surface area (Å²) in [6.45, 7) is 0.487. The van der Waals surface area contributed by atoms with E-state index in [1.54, 1.807) is 12.1 Å². The van der Waals surface area contributed by atoms with Gasteiger partial charge in [0.2, 0.25) is 0 Å². The van der Waals surface area contributed by atoms with Gasteiger partial charge in [-0.05, 0) is 47.7 Å². The largest absolute Gasteiger partial charge is 0.489 e. The van der Waals surface area contributed by atoms with Crippen LogP contribution in [-0.2, 0) is 16.8 Å². The van der Waals surface area contributed by atoms with E-state index in [4.69, 9.17) is 4.74 Å². The lowest BCUT2D eigenvalue weighted by Crippen LogP contribution is -2.20. The van der Waals surface area contributed by atoms with Gasteiger partial charge in [0.05, 0.1) is 5.41 Å². The average Bonchev–Trinajstić information content (AvgIpc) is 3.49. The summed E-state index contributed by atoms with van der Waals surface area (Å²) in [6.07, 6.45) is 0.984. The quantitative estimate of drug-likeness (QED) is 0.656. The predicted octanol–water partition coefficient (Wildman–Crippen LogP) is 5.19. The summed E-state index contributed by atoms with van der Waals surface area (Å²) >= 11 is 0. The molecule has 0 aromatic heterocycles. The SMILES string of the molecule is O=C(O)C1(c2ccc(-c3ccc(OCc4ccccc4)cc3)cc2F)CC1. The number of carboxylic acids is 1. The van der Waals surface area contributed by atoms with Crippen LogP contribution in [0.15, 0.2) is 72.8 Å². The first-order valence-corrected chi connectivity index (χ1v) is 8.89. The van der Waals surface area contributed by atoms with Gasteiger partial charge in [0.1, 0.15) is 18.2 Å². The minimum absolute atomic E-state index is 0.279. The summed E-state index contributed by atoms with van der Waals surface area (Å²) in [5, 5.41) is 9.35. The predicted molar refractivity (Wildman–Crippen MR) is 101 cm³/mol. The standard InChI is InChI=1S/C23H19FO3/c24-21-14-18(8-11-20(21)23(12-13-23)22(25)26)17-6-9-19(10-7-17)27-15-16-4-2-1-3-5-16/h1-11,14H,12-13,15H2,(H,25,26). The molecule has 0 unspecified atom stereocenters. The van der Waals surface area contributed by atoms with Crippen molar-refractivity contribution >= 4 is 5.97 Å². The lowest BCUT2D eigenvalue weighted by Gasteiger charge is -2.13. The Hall–Kier alpha value is -3.14. The third-order valence-electron chi connectivity index (χ3n) is 5.08. The van der Waals surface area contributed by atoms with Crippen molar-refractivity contribution in [2.45, 2.75) is 24.9 Å². The first kappa shape index (κ1) is 17.3. The molecule has 1 saturated carbocycles. The van der Waals surface area contributed by atoms with Gasteiger partial charge in [-0.1, -0.05) is 54.6 Å². The first-order chi connectivity index (χ1) is 13.1. The second kappa shape index (κ2) is 6.88. The Kier molecular flexibility index (Phi) is 4.40. The van der Waals surface area contributed by atoms with E-state index in [0.717, 1.165) is 16.9 Å². The van der Waals surface area contributed by atoms with Crippen LogP contribution in [0.4, 0.5) is 4.39 Å². The van der Waals surface area contributed by atoms with Crippen LogP contribution in [0.3, 0.4) is 0 Å². The zero-order chi connectivity index (χ0) is 18.9. The topological polar surface area (TPSA) is 46.5 Å². The highest BCUT2D eigenvalue weighted by Gasteiger charge is 2.53. The van der Waals surface area contributed by atoms with Crippen LogP contribution in [0, 0.1) is 5.82 Å². The Morgan fingerprint density at radius 3 is 2.22 bits per heavy atom. The molecule has 0 radical (unpaired) electrons. The fourth-order valence-corrected chi connectivity index (χ4v) is 3.29. The van der Waals surface area contributed by atoms with Crippen LogP contribution in [0.5, 0.6) is 5.75 Å². The maximum absolute atomic E-state index is 14.5. The van der Waals surface area contributed by atoms with Gasteiger partial charge in [0.15, 0.2) is 0 Å². The summed E-state index contributed by atoms with van der Waals surface area (Å²) in [5.74, 6) is -0.673. The molecular formula is C23H19FO3. The van der Waals surface area contributed by atoms with Crippen LogP contribution in [0.1, 0.15) is 24.0 Å². The molecule has 1 aliphatic rings. The van der Waals surface area contributed by atoms with E-state index in [9.17, 15) is 14.3 Å². The number of benzene rings is 3. The van der Waals surface area contributed by atoms with Gasteiger partial charge in [0.25, 0.3) is 0 Å². The van der Waals surface area contributed by atoms with Crippen molar-refractivity contribution in [1.29, 1.82) is 0 Å². The molecule has 0 amide bonds. The third-order valence-corrected chi connectivity index (χ3v) is 5.08. The summed E-state index contributed by atoms with van der Waals surface area (Å²) < 4.78 is 20.3. The van der Waals surface area contributed by atoms with E-state index in [0.29, 0.717) is 25.0 Å². The second-order valence-electron chi connectivity index (χ2n) is 6.88. The van der Waals surface area contributed by atoms with E-state index in [1.807, 2.05) is 54.6 Å². The number of carboxylic acid groups (broad SMARTS) is 1.